The molecule has 0 spiro atoms. The molecule has 0 aromatic heterocycles. The fraction of sp³-hybridized carbons (Fsp3) is 0.500. The van der Waals surface area contributed by atoms with Crippen LogP contribution >= 0.6 is 0 Å². The van der Waals surface area contributed by atoms with Crippen molar-refractivity contribution in [2.45, 2.75) is 38.6 Å². The summed E-state index contributed by atoms with van der Waals surface area (Å²) in [6, 6.07) is 7.01. The van der Waals surface area contributed by atoms with Gasteiger partial charge >= 0.3 is 0 Å². The molecule has 0 heterocycles. The molecule has 17 heavy (non-hydrogen) atoms. The van der Waals surface area contributed by atoms with Gasteiger partial charge in [0, 0.05) is 12.5 Å². The molecule has 1 aromatic rings. The Bertz CT molecular complexity index is 384. The Morgan fingerprint density at radius 1 is 1.29 bits per heavy atom. The van der Waals surface area contributed by atoms with Crippen molar-refractivity contribution in [2.24, 2.45) is 5.92 Å². The van der Waals surface area contributed by atoms with E-state index in [2.05, 4.69) is 5.32 Å². The lowest BCUT2D eigenvalue weighted by molar-refractivity contribution is -0.126. The Morgan fingerprint density at radius 3 is 2.76 bits per heavy atom. The summed E-state index contributed by atoms with van der Waals surface area (Å²) in [5.41, 5.74) is 0.939. The third-order valence-corrected chi connectivity index (χ3v) is 3.35. The third-order valence-electron chi connectivity index (χ3n) is 3.35. The third kappa shape index (κ3) is 3.48. The van der Waals surface area contributed by atoms with E-state index >= 15 is 0 Å². The fourth-order valence-corrected chi connectivity index (χ4v) is 2.36. The van der Waals surface area contributed by atoms with Crippen molar-refractivity contribution in [2.75, 3.05) is 0 Å². The van der Waals surface area contributed by atoms with Crippen LogP contribution in [-0.4, -0.2) is 11.0 Å². The fourth-order valence-electron chi connectivity index (χ4n) is 2.36. The van der Waals surface area contributed by atoms with E-state index in [9.17, 15) is 9.90 Å². The van der Waals surface area contributed by atoms with E-state index in [0.29, 0.717) is 6.54 Å². The molecule has 3 nitrogen and oxygen atoms in total. The summed E-state index contributed by atoms with van der Waals surface area (Å²) in [5, 5.41) is 12.3. The summed E-state index contributed by atoms with van der Waals surface area (Å²) in [6.45, 7) is 0.504. The van der Waals surface area contributed by atoms with Crippen LogP contribution in [0.2, 0.25) is 0 Å². The highest BCUT2D eigenvalue weighted by Crippen LogP contribution is 2.23. The number of amides is 1. The van der Waals surface area contributed by atoms with Gasteiger partial charge in [0.25, 0.3) is 0 Å². The van der Waals surface area contributed by atoms with Gasteiger partial charge in [0.15, 0.2) is 0 Å². The van der Waals surface area contributed by atoms with Gasteiger partial charge in [-0.2, -0.15) is 0 Å². The standard InChI is InChI=1S/C14H19NO2/c16-13-8-4-5-11(9-13)10-15-14(17)12-6-2-1-3-7-12/h4-5,8-9,12,16H,1-3,6-7,10H2,(H,15,17). The second-order valence-electron chi connectivity index (χ2n) is 4.72. The molecule has 3 heteroatoms. The molecule has 1 saturated carbocycles. The van der Waals surface area contributed by atoms with Crippen molar-refractivity contribution in [1.82, 2.24) is 5.32 Å². The number of nitrogens with one attached hydrogen (secondary N) is 1. The van der Waals surface area contributed by atoms with Gasteiger partial charge in [-0.3, -0.25) is 4.79 Å². The number of benzene rings is 1. The first-order valence-corrected chi connectivity index (χ1v) is 6.31. The summed E-state index contributed by atoms with van der Waals surface area (Å²) < 4.78 is 0. The Labute approximate surface area is 102 Å². The Morgan fingerprint density at radius 2 is 2.06 bits per heavy atom. The van der Waals surface area contributed by atoms with Crippen LogP contribution in [0.15, 0.2) is 24.3 Å². The molecule has 0 saturated heterocycles. The van der Waals surface area contributed by atoms with Crippen LogP contribution < -0.4 is 5.32 Å². The molecule has 2 N–H and O–H groups in total. The predicted octanol–water partition coefficient (Wildman–Crippen LogP) is 2.59. The van der Waals surface area contributed by atoms with Crippen LogP contribution in [0, 0.1) is 5.92 Å². The highest BCUT2D eigenvalue weighted by atomic mass is 16.3. The molecule has 1 aliphatic carbocycles. The summed E-state index contributed by atoms with van der Waals surface area (Å²) in [6.07, 6.45) is 5.64. The minimum atomic E-state index is 0.160. The predicted molar refractivity (Wildman–Crippen MR) is 66.5 cm³/mol. The number of carbonyl (C=O) groups is 1. The summed E-state index contributed by atoms with van der Waals surface area (Å²) in [4.78, 5) is 11.9. The maximum Gasteiger partial charge on any atom is 0.223 e. The van der Waals surface area contributed by atoms with Crippen molar-refractivity contribution in [3.63, 3.8) is 0 Å². The maximum atomic E-state index is 11.9. The zero-order valence-electron chi connectivity index (χ0n) is 9.98. The number of phenols is 1. The Kier molecular flexibility index (Phi) is 4.02. The highest BCUT2D eigenvalue weighted by Gasteiger charge is 2.20. The lowest BCUT2D eigenvalue weighted by atomic mass is 9.88. The van der Waals surface area contributed by atoms with Crippen molar-refractivity contribution < 1.29 is 9.90 Å². The van der Waals surface area contributed by atoms with Gasteiger partial charge in [-0.25, -0.2) is 0 Å². The normalized spacial score (nSPS) is 16.7. The molecule has 0 aliphatic heterocycles. The molecule has 0 unspecified atom stereocenters. The topological polar surface area (TPSA) is 49.3 Å². The number of carbonyl (C=O) groups excluding carboxylic acids is 1. The Hall–Kier alpha value is -1.51. The van der Waals surface area contributed by atoms with Gasteiger partial charge in [-0.05, 0) is 30.5 Å². The van der Waals surface area contributed by atoms with Gasteiger partial charge in [0.05, 0.1) is 0 Å². The van der Waals surface area contributed by atoms with E-state index in [0.717, 1.165) is 18.4 Å². The minimum absolute atomic E-state index is 0.160. The highest BCUT2D eigenvalue weighted by molar-refractivity contribution is 5.78. The maximum absolute atomic E-state index is 11.9. The second-order valence-corrected chi connectivity index (χ2v) is 4.72. The molecule has 1 amide bonds. The molecule has 1 fully saturated rings. The molecular weight excluding hydrogens is 214 g/mol. The molecular formula is C14H19NO2. The lowest BCUT2D eigenvalue weighted by Gasteiger charge is -2.20. The SMILES string of the molecule is O=C(NCc1cccc(O)c1)C1CCCCC1. The minimum Gasteiger partial charge on any atom is -0.508 e. The van der Waals surface area contributed by atoms with Crippen LogP contribution in [-0.2, 0) is 11.3 Å². The van der Waals surface area contributed by atoms with Crippen LogP contribution in [0.3, 0.4) is 0 Å². The average molecular weight is 233 g/mol. The van der Waals surface area contributed by atoms with Crippen LogP contribution in [0.4, 0.5) is 0 Å². The van der Waals surface area contributed by atoms with Crippen molar-refractivity contribution in [1.29, 1.82) is 0 Å². The molecule has 92 valence electrons. The van der Waals surface area contributed by atoms with E-state index in [4.69, 9.17) is 0 Å². The van der Waals surface area contributed by atoms with Crippen LogP contribution in [0.5, 0.6) is 5.75 Å². The summed E-state index contributed by atoms with van der Waals surface area (Å²) >= 11 is 0. The van der Waals surface area contributed by atoms with Gasteiger partial charge in [0.1, 0.15) is 5.75 Å². The number of aromatic hydroxyl groups is 1. The quantitative estimate of drug-likeness (QED) is 0.843. The zero-order valence-corrected chi connectivity index (χ0v) is 9.98. The van der Waals surface area contributed by atoms with E-state index in [-0.39, 0.29) is 17.6 Å². The zero-order chi connectivity index (χ0) is 12.1. The lowest BCUT2D eigenvalue weighted by Crippen LogP contribution is -2.31. The first kappa shape index (κ1) is 12.0. The van der Waals surface area contributed by atoms with Crippen molar-refractivity contribution >= 4 is 5.91 Å². The van der Waals surface area contributed by atoms with Crippen LogP contribution in [0.25, 0.3) is 0 Å². The van der Waals surface area contributed by atoms with Gasteiger partial charge < -0.3 is 10.4 Å². The monoisotopic (exact) mass is 233 g/mol. The molecule has 0 radical (unpaired) electrons. The van der Waals surface area contributed by atoms with Crippen molar-refractivity contribution in [3.8, 4) is 5.75 Å². The molecule has 0 bridgehead atoms. The number of rotatable bonds is 3. The van der Waals surface area contributed by atoms with Crippen molar-refractivity contribution in [3.05, 3.63) is 29.8 Å². The number of hydrogen-bond acceptors (Lipinski definition) is 2. The van der Waals surface area contributed by atoms with Gasteiger partial charge in [0.2, 0.25) is 5.91 Å². The van der Waals surface area contributed by atoms with E-state index in [1.54, 1.807) is 18.2 Å². The molecule has 2 rings (SSSR count). The van der Waals surface area contributed by atoms with E-state index < -0.39 is 0 Å². The second kappa shape index (κ2) is 5.71. The van der Waals surface area contributed by atoms with Crippen LogP contribution in [0.1, 0.15) is 37.7 Å². The first-order chi connectivity index (χ1) is 8.25. The van der Waals surface area contributed by atoms with E-state index in [1.807, 2.05) is 6.07 Å². The average Bonchev–Trinajstić information content (AvgIpc) is 2.37. The molecule has 0 atom stereocenters. The molecule has 1 aromatic carbocycles. The smallest absolute Gasteiger partial charge is 0.223 e. The Balaban J connectivity index is 1.83. The van der Waals surface area contributed by atoms with Gasteiger partial charge in [-0.1, -0.05) is 31.4 Å². The summed E-state index contributed by atoms with van der Waals surface area (Å²) in [7, 11) is 0. The number of hydrogen-bond donors (Lipinski definition) is 2. The van der Waals surface area contributed by atoms with E-state index in [1.165, 1.54) is 19.3 Å². The van der Waals surface area contributed by atoms with Gasteiger partial charge in [-0.15, -0.1) is 0 Å². The first-order valence-electron chi connectivity index (χ1n) is 6.31. The number of phenolic OH excluding ortho intramolecular Hbond substituents is 1. The molecule has 1 aliphatic rings. The largest absolute Gasteiger partial charge is 0.508 e. The summed E-state index contributed by atoms with van der Waals surface area (Å²) in [5.74, 6) is 0.600.